The van der Waals surface area contributed by atoms with E-state index in [9.17, 15) is 0 Å². The van der Waals surface area contributed by atoms with Crippen molar-refractivity contribution >= 4 is 34.7 Å². The molecule has 0 amide bonds. The smallest absolute Gasteiger partial charge is 0.0556 e. The summed E-state index contributed by atoms with van der Waals surface area (Å²) in [6, 6.07) is 2.05. The standard InChI is InChI=1S/C11H17Cl2NS/c12-7-4-2-1-3-5-10(13)9-11-6-8-15-14-11/h6,8,10H,1-5,7,9H2. The average Bonchev–Trinajstić information content (AvgIpc) is 2.70. The topological polar surface area (TPSA) is 12.9 Å². The molecule has 0 spiro atoms. The lowest BCUT2D eigenvalue weighted by atomic mass is 10.1. The third-order valence-electron chi connectivity index (χ3n) is 2.32. The molecule has 0 aliphatic carbocycles. The van der Waals surface area contributed by atoms with Gasteiger partial charge in [-0.3, -0.25) is 0 Å². The van der Waals surface area contributed by atoms with E-state index in [1.54, 1.807) is 0 Å². The lowest BCUT2D eigenvalue weighted by molar-refractivity contribution is 0.611. The summed E-state index contributed by atoms with van der Waals surface area (Å²) < 4.78 is 4.25. The molecule has 0 N–H and O–H groups in total. The molecule has 86 valence electrons. The summed E-state index contributed by atoms with van der Waals surface area (Å²) in [5.41, 5.74) is 1.13. The number of rotatable bonds is 8. The molecule has 0 bridgehead atoms. The largest absolute Gasteiger partial charge is 0.198 e. The van der Waals surface area contributed by atoms with Gasteiger partial charge in [0, 0.05) is 23.1 Å². The van der Waals surface area contributed by atoms with Gasteiger partial charge in [-0.25, -0.2) is 0 Å². The zero-order valence-electron chi connectivity index (χ0n) is 8.79. The fraction of sp³-hybridized carbons (Fsp3) is 0.727. The van der Waals surface area contributed by atoms with Gasteiger partial charge in [-0.15, -0.1) is 23.2 Å². The number of aromatic nitrogens is 1. The molecule has 1 atom stereocenters. The zero-order chi connectivity index (χ0) is 10.9. The third-order valence-corrected chi connectivity index (χ3v) is 3.56. The van der Waals surface area contributed by atoms with Crippen LogP contribution in [0.5, 0.6) is 0 Å². The van der Waals surface area contributed by atoms with Gasteiger partial charge in [-0.1, -0.05) is 19.3 Å². The molecule has 4 heteroatoms. The molecular weight excluding hydrogens is 249 g/mol. The van der Waals surface area contributed by atoms with Crippen LogP contribution in [0.4, 0.5) is 0 Å². The van der Waals surface area contributed by atoms with Crippen molar-refractivity contribution in [2.45, 2.75) is 43.9 Å². The van der Waals surface area contributed by atoms with Crippen LogP contribution in [0.15, 0.2) is 11.4 Å². The van der Waals surface area contributed by atoms with Gasteiger partial charge in [0.05, 0.1) is 5.69 Å². The second-order valence-electron chi connectivity index (χ2n) is 3.68. The summed E-state index contributed by atoms with van der Waals surface area (Å²) in [5, 5.41) is 2.24. The fourth-order valence-electron chi connectivity index (χ4n) is 1.49. The lowest BCUT2D eigenvalue weighted by Gasteiger charge is -2.06. The normalized spacial score (nSPS) is 12.9. The van der Waals surface area contributed by atoms with E-state index >= 15 is 0 Å². The summed E-state index contributed by atoms with van der Waals surface area (Å²) in [7, 11) is 0. The predicted molar refractivity (Wildman–Crippen MR) is 69.3 cm³/mol. The molecule has 0 aliphatic rings. The van der Waals surface area contributed by atoms with Gasteiger partial charge < -0.3 is 0 Å². The highest BCUT2D eigenvalue weighted by molar-refractivity contribution is 7.03. The Labute approximate surface area is 106 Å². The van der Waals surface area contributed by atoms with Gasteiger partial charge in [0.2, 0.25) is 0 Å². The Kier molecular flexibility index (Phi) is 7.41. The molecule has 15 heavy (non-hydrogen) atoms. The first kappa shape index (κ1) is 13.3. The van der Waals surface area contributed by atoms with Crippen LogP contribution in [0.1, 0.15) is 37.8 Å². The molecule has 0 saturated heterocycles. The van der Waals surface area contributed by atoms with Crippen LogP contribution in [0.25, 0.3) is 0 Å². The third kappa shape index (κ3) is 6.39. The summed E-state index contributed by atoms with van der Waals surface area (Å²) >= 11 is 13.3. The highest BCUT2D eigenvalue weighted by Gasteiger charge is 2.06. The second-order valence-corrected chi connectivity index (χ2v) is 5.34. The van der Waals surface area contributed by atoms with Gasteiger partial charge in [0.15, 0.2) is 0 Å². The maximum Gasteiger partial charge on any atom is 0.0556 e. The van der Waals surface area contributed by atoms with Crippen molar-refractivity contribution in [3.8, 4) is 0 Å². The van der Waals surface area contributed by atoms with Crippen molar-refractivity contribution in [3.05, 3.63) is 17.1 Å². The SMILES string of the molecule is ClCCCCCCC(Cl)Cc1ccsn1. The number of hydrogen-bond acceptors (Lipinski definition) is 2. The van der Waals surface area contributed by atoms with Crippen LogP contribution < -0.4 is 0 Å². The second kappa shape index (κ2) is 8.37. The quantitative estimate of drug-likeness (QED) is 0.499. The van der Waals surface area contributed by atoms with E-state index in [-0.39, 0.29) is 5.38 Å². The van der Waals surface area contributed by atoms with E-state index in [1.807, 2.05) is 11.4 Å². The zero-order valence-corrected chi connectivity index (χ0v) is 11.1. The summed E-state index contributed by atoms with van der Waals surface area (Å²) in [5.74, 6) is 0.781. The fourth-order valence-corrected chi connectivity index (χ4v) is 2.54. The molecule has 1 aromatic rings. The van der Waals surface area contributed by atoms with E-state index in [0.717, 1.165) is 30.8 Å². The van der Waals surface area contributed by atoms with Crippen LogP contribution in [0.3, 0.4) is 0 Å². The average molecular weight is 266 g/mol. The summed E-state index contributed by atoms with van der Waals surface area (Å²) in [6.45, 7) is 0. The van der Waals surface area contributed by atoms with Gasteiger partial charge in [-0.2, -0.15) is 4.37 Å². The van der Waals surface area contributed by atoms with Crippen LogP contribution in [0, 0.1) is 0 Å². The molecule has 1 unspecified atom stereocenters. The van der Waals surface area contributed by atoms with Gasteiger partial charge in [0.1, 0.15) is 0 Å². The van der Waals surface area contributed by atoms with Crippen LogP contribution in [-0.2, 0) is 6.42 Å². The van der Waals surface area contributed by atoms with Crippen molar-refractivity contribution in [2.24, 2.45) is 0 Å². The first-order valence-electron chi connectivity index (χ1n) is 5.42. The maximum atomic E-state index is 6.22. The maximum absolute atomic E-state index is 6.22. The molecule has 1 heterocycles. The number of unbranched alkanes of at least 4 members (excludes halogenated alkanes) is 3. The Balaban J connectivity index is 2.01. The number of hydrogen-bond donors (Lipinski definition) is 0. The lowest BCUT2D eigenvalue weighted by Crippen LogP contribution is -2.03. The van der Waals surface area contributed by atoms with Crippen LogP contribution in [0.2, 0.25) is 0 Å². The molecule has 0 aromatic carbocycles. The van der Waals surface area contributed by atoms with Crippen molar-refractivity contribution in [2.75, 3.05) is 5.88 Å². The minimum absolute atomic E-state index is 0.239. The van der Waals surface area contributed by atoms with Crippen LogP contribution in [-0.4, -0.2) is 15.6 Å². The number of halogens is 2. The Hall–Kier alpha value is 0.210. The number of nitrogens with zero attached hydrogens (tertiary/aromatic N) is 1. The molecule has 1 nitrogen and oxygen atoms in total. The summed E-state index contributed by atoms with van der Waals surface area (Å²) in [4.78, 5) is 0. The Morgan fingerprint density at radius 3 is 2.73 bits per heavy atom. The monoisotopic (exact) mass is 265 g/mol. The van der Waals surface area contributed by atoms with Gasteiger partial charge >= 0.3 is 0 Å². The van der Waals surface area contributed by atoms with E-state index < -0.39 is 0 Å². The molecule has 0 fully saturated rings. The van der Waals surface area contributed by atoms with Crippen molar-refractivity contribution in [3.63, 3.8) is 0 Å². The Morgan fingerprint density at radius 1 is 1.27 bits per heavy atom. The molecule has 1 rings (SSSR count). The van der Waals surface area contributed by atoms with Gasteiger partial charge in [0.25, 0.3) is 0 Å². The highest BCUT2D eigenvalue weighted by atomic mass is 35.5. The minimum Gasteiger partial charge on any atom is -0.198 e. The Morgan fingerprint density at radius 2 is 2.07 bits per heavy atom. The highest BCUT2D eigenvalue weighted by Crippen LogP contribution is 2.15. The van der Waals surface area contributed by atoms with E-state index in [0.29, 0.717) is 0 Å². The van der Waals surface area contributed by atoms with Crippen molar-refractivity contribution in [1.29, 1.82) is 0 Å². The van der Waals surface area contributed by atoms with Crippen molar-refractivity contribution in [1.82, 2.24) is 4.37 Å². The van der Waals surface area contributed by atoms with E-state index in [1.165, 1.54) is 30.8 Å². The molecule has 0 aliphatic heterocycles. The van der Waals surface area contributed by atoms with E-state index in [4.69, 9.17) is 23.2 Å². The number of alkyl halides is 2. The van der Waals surface area contributed by atoms with E-state index in [2.05, 4.69) is 4.37 Å². The first-order valence-corrected chi connectivity index (χ1v) is 7.23. The molecule has 0 radical (unpaired) electrons. The van der Waals surface area contributed by atoms with Gasteiger partial charge in [-0.05, 0) is 30.4 Å². The molecular formula is C11H17Cl2NS. The minimum atomic E-state index is 0.239. The molecule has 1 aromatic heterocycles. The van der Waals surface area contributed by atoms with Crippen molar-refractivity contribution < 1.29 is 0 Å². The first-order chi connectivity index (χ1) is 7.33. The predicted octanol–water partition coefficient (Wildman–Crippen LogP) is 4.48. The Bertz CT molecular complexity index is 239. The van der Waals surface area contributed by atoms with Crippen LogP contribution >= 0.6 is 34.7 Å². The summed E-state index contributed by atoms with van der Waals surface area (Å²) in [6.07, 6.45) is 6.79. The molecule has 0 saturated carbocycles.